The Morgan fingerprint density at radius 2 is 2.18 bits per heavy atom. The lowest BCUT2D eigenvalue weighted by atomic mass is 9.93. The minimum Gasteiger partial charge on any atom is -0.475 e. The third-order valence-electron chi connectivity index (χ3n) is 2.74. The Labute approximate surface area is 98.0 Å². The number of rotatable bonds is 4. The van der Waals surface area contributed by atoms with Gasteiger partial charge in [-0.05, 0) is 31.4 Å². The molecule has 0 aliphatic heterocycles. The number of urea groups is 1. The van der Waals surface area contributed by atoms with Gasteiger partial charge >= 0.3 is 12.0 Å². The third-order valence-corrected chi connectivity index (χ3v) is 2.74. The van der Waals surface area contributed by atoms with Crippen LogP contribution in [0.4, 0.5) is 4.79 Å². The second-order valence-corrected chi connectivity index (χ2v) is 4.03. The maximum Gasteiger partial charge on any atom is 0.371 e. The summed E-state index contributed by atoms with van der Waals surface area (Å²) in [6, 6.07) is 2.93. The van der Waals surface area contributed by atoms with Crippen molar-refractivity contribution in [1.29, 1.82) is 0 Å². The molecule has 3 N–H and O–H groups in total. The van der Waals surface area contributed by atoms with Crippen LogP contribution in [-0.2, 0) is 6.54 Å². The first-order valence-electron chi connectivity index (χ1n) is 5.51. The van der Waals surface area contributed by atoms with Gasteiger partial charge in [0.1, 0.15) is 5.76 Å². The van der Waals surface area contributed by atoms with Gasteiger partial charge in [0.2, 0.25) is 5.76 Å². The monoisotopic (exact) mass is 238 g/mol. The van der Waals surface area contributed by atoms with E-state index in [9.17, 15) is 9.59 Å². The van der Waals surface area contributed by atoms with Crippen LogP contribution in [0.5, 0.6) is 0 Å². The molecule has 0 radical (unpaired) electrons. The van der Waals surface area contributed by atoms with Gasteiger partial charge in [0.15, 0.2) is 0 Å². The summed E-state index contributed by atoms with van der Waals surface area (Å²) in [6.07, 6.45) is 3.21. The van der Waals surface area contributed by atoms with Gasteiger partial charge in [0.25, 0.3) is 0 Å². The fraction of sp³-hybridized carbons (Fsp3) is 0.455. The summed E-state index contributed by atoms with van der Waals surface area (Å²) in [5, 5.41) is 14.1. The van der Waals surface area contributed by atoms with Crippen LogP contribution in [0.25, 0.3) is 0 Å². The average Bonchev–Trinajstić information content (AvgIpc) is 2.69. The van der Waals surface area contributed by atoms with Gasteiger partial charge in [-0.2, -0.15) is 0 Å². The molecule has 2 rings (SSSR count). The van der Waals surface area contributed by atoms with Crippen LogP contribution in [-0.4, -0.2) is 23.1 Å². The maximum absolute atomic E-state index is 11.4. The van der Waals surface area contributed by atoms with Crippen molar-refractivity contribution in [3.63, 3.8) is 0 Å². The summed E-state index contributed by atoms with van der Waals surface area (Å²) >= 11 is 0. The number of carboxylic acids is 1. The molecule has 0 unspecified atom stereocenters. The van der Waals surface area contributed by atoms with Crippen LogP contribution in [0.1, 0.15) is 35.6 Å². The highest BCUT2D eigenvalue weighted by molar-refractivity contribution is 5.84. The van der Waals surface area contributed by atoms with E-state index in [1.54, 1.807) is 0 Å². The zero-order chi connectivity index (χ0) is 12.3. The van der Waals surface area contributed by atoms with Crippen molar-refractivity contribution in [2.45, 2.75) is 31.8 Å². The molecule has 0 aromatic carbocycles. The Hall–Kier alpha value is -1.98. The Morgan fingerprint density at radius 3 is 2.71 bits per heavy atom. The van der Waals surface area contributed by atoms with Gasteiger partial charge in [-0.25, -0.2) is 9.59 Å². The number of hydrogen-bond acceptors (Lipinski definition) is 3. The summed E-state index contributed by atoms with van der Waals surface area (Å²) < 4.78 is 5.00. The van der Waals surface area contributed by atoms with E-state index in [0.29, 0.717) is 5.76 Å². The Bertz CT molecular complexity index is 423. The molecule has 1 aliphatic carbocycles. The van der Waals surface area contributed by atoms with E-state index in [1.165, 1.54) is 12.1 Å². The third kappa shape index (κ3) is 2.99. The zero-order valence-corrected chi connectivity index (χ0v) is 9.23. The Kier molecular flexibility index (Phi) is 3.32. The molecule has 0 saturated heterocycles. The van der Waals surface area contributed by atoms with E-state index in [0.717, 1.165) is 19.3 Å². The molecule has 2 amide bonds. The van der Waals surface area contributed by atoms with E-state index < -0.39 is 5.97 Å². The van der Waals surface area contributed by atoms with E-state index in [4.69, 9.17) is 9.52 Å². The van der Waals surface area contributed by atoms with Gasteiger partial charge in [0.05, 0.1) is 6.54 Å². The van der Waals surface area contributed by atoms with Crippen molar-refractivity contribution in [2.24, 2.45) is 0 Å². The van der Waals surface area contributed by atoms with Crippen molar-refractivity contribution in [3.05, 3.63) is 23.7 Å². The number of aromatic carboxylic acids is 1. The number of carbonyl (C=O) groups excluding carboxylic acids is 1. The first kappa shape index (κ1) is 11.5. The first-order chi connectivity index (χ1) is 8.15. The Balaban J connectivity index is 1.76. The topological polar surface area (TPSA) is 91.6 Å². The maximum atomic E-state index is 11.4. The van der Waals surface area contributed by atoms with Crippen molar-refractivity contribution in [1.82, 2.24) is 10.6 Å². The zero-order valence-electron chi connectivity index (χ0n) is 9.23. The molecule has 1 heterocycles. The SMILES string of the molecule is O=C(NCc1ccc(C(=O)O)o1)NC1CCC1. The van der Waals surface area contributed by atoms with Crippen LogP contribution in [0, 0.1) is 0 Å². The molecular weight excluding hydrogens is 224 g/mol. The predicted molar refractivity (Wildman–Crippen MR) is 58.7 cm³/mol. The minimum atomic E-state index is -1.12. The molecule has 1 aliphatic rings. The van der Waals surface area contributed by atoms with E-state index in [1.807, 2.05) is 0 Å². The molecule has 6 nitrogen and oxygen atoms in total. The van der Waals surface area contributed by atoms with Crippen molar-refractivity contribution in [2.75, 3.05) is 0 Å². The number of carboxylic acid groups (broad SMARTS) is 1. The fourth-order valence-corrected chi connectivity index (χ4v) is 1.54. The number of hydrogen-bond donors (Lipinski definition) is 3. The number of carbonyl (C=O) groups is 2. The average molecular weight is 238 g/mol. The highest BCUT2D eigenvalue weighted by Crippen LogP contribution is 2.17. The molecule has 0 bridgehead atoms. The van der Waals surface area contributed by atoms with Crippen LogP contribution in [0.15, 0.2) is 16.5 Å². The quantitative estimate of drug-likeness (QED) is 0.737. The highest BCUT2D eigenvalue weighted by atomic mass is 16.4. The largest absolute Gasteiger partial charge is 0.475 e. The van der Waals surface area contributed by atoms with E-state index in [-0.39, 0.29) is 24.4 Å². The van der Waals surface area contributed by atoms with Gasteiger partial charge in [-0.3, -0.25) is 0 Å². The molecule has 92 valence electrons. The minimum absolute atomic E-state index is 0.124. The second-order valence-electron chi connectivity index (χ2n) is 4.03. The number of nitrogens with one attached hydrogen (secondary N) is 2. The lowest BCUT2D eigenvalue weighted by molar-refractivity contribution is 0.0660. The standard InChI is InChI=1S/C11H14N2O4/c14-10(15)9-5-4-8(17-9)6-12-11(16)13-7-2-1-3-7/h4-5,7H,1-3,6H2,(H,14,15)(H2,12,13,16). The molecule has 17 heavy (non-hydrogen) atoms. The van der Waals surface area contributed by atoms with Gasteiger partial charge in [-0.1, -0.05) is 0 Å². The second kappa shape index (κ2) is 4.90. The van der Waals surface area contributed by atoms with Crippen LogP contribution in [0.2, 0.25) is 0 Å². The van der Waals surface area contributed by atoms with Crippen LogP contribution < -0.4 is 10.6 Å². The lowest BCUT2D eigenvalue weighted by Gasteiger charge is -2.26. The molecular formula is C11H14N2O4. The fourth-order valence-electron chi connectivity index (χ4n) is 1.54. The van der Waals surface area contributed by atoms with Crippen LogP contribution >= 0.6 is 0 Å². The molecule has 1 aromatic heterocycles. The molecule has 0 spiro atoms. The first-order valence-corrected chi connectivity index (χ1v) is 5.51. The highest BCUT2D eigenvalue weighted by Gasteiger charge is 2.19. The molecule has 1 saturated carbocycles. The summed E-state index contributed by atoms with van der Waals surface area (Å²) in [5.41, 5.74) is 0. The summed E-state index contributed by atoms with van der Waals surface area (Å²) in [6.45, 7) is 0.186. The van der Waals surface area contributed by atoms with Crippen molar-refractivity contribution in [3.8, 4) is 0 Å². The van der Waals surface area contributed by atoms with Crippen molar-refractivity contribution < 1.29 is 19.1 Å². The molecule has 1 fully saturated rings. The summed E-state index contributed by atoms with van der Waals surface area (Å²) in [5.74, 6) is -0.817. The van der Waals surface area contributed by atoms with E-state index in [2.05, 4.69) is 10.6 Å². The number of furan rings is 1. The summed E-state index contributed by atoms with van der Waals surface area (Å²) in [7, 11) is 0. The smallest absolute Gasteiger partial charge is 0.371 e. The van der Waals surface area contributed by atoms with Gasteiger partial charge < -0.3 is 20.2 Å². The van der Waals surface area contributed by atoms with Gasteiger partial charge in [0, 0.05) is 6.04 Å². The van der Waals surface area contributed by atoms with Crippen LogP contribution in [0.3, 0.4) is 0 Å². The molecule has 6 heteroatoms. The summed E-state index contributed by atoms with van der Waals surface area (Å²) in [4.78, 5) is 21.9. The predicted octanol–water partition coefficient (Wildman–Crippen LogP) is 1.33. The lowest BCUT2D eigenvalue weighted by Crippen LogP contribution is -2.44. The van der Waals surface area contributed by atoms with Gasteiger partial charge in [-0.15, -0.1) is 0 Å². The molecule has 1 aromatic rings. The molecule has 0 atom stereocenters. The number of amides is 2. The van der Waals surface area contributed by atoms with E-state index >= 15 is 0 Å². The Morgan fingerprint density at radius 1 is 1.41 bits per heavy atom. The normalized spacial score (nSPS) is 15.1. The van der Waals surface area contributed by atoms with Crippen molar-refractivity contribution >= 4 is 12.0 Å².